The third-order valence-corrected chi connectivity index (χ3v) is 6.10. The van der Waals surface area contributed by atoms with Crippen LogP contribution >= 0.6 is 11.6 Å². The van der Waals surface area contributed by atoms with E-state index in [2.05, 4.69) is 17.6 Å². The molecule has 1 aromatic carbocycles. The van der Waals surface area contributed by atoms with E-state index >= 15 is 0 Å². The summed E-state index contributed by atoms with van der Waals surface area (Å²) in [6, 6.07) is 7.16. The summed E-state index contributed by atoms with van der Waals surface area (Å²) in [6.07, 6.45) is 3.74. The van der Waals surface area contributed by atoms with Gasteiger partial charge in [-0.1, -0.05) is 18.5 Å². The van der Waals surface area contributed by atoms with Crippen molar-refractivity contribution in [3.63, 3.8) is 0 Å². The lowest BCUT2D eigenvalue weighted by Crippen LogP contribution is -2.53. The van der Waals surface area contributed by atoms with Crippen LogP contribution in [0, 0.1) is 17.8 Å². The lowest BCUT2D eigenvalue weighted by molar-refractivity contribution is -0.126. The Hall–Kier alpha value is -1.75. The van der Waals surface area contributed by atoms with Crippen molar-refractivity contribution in [2.24, 2.45) is 17.8 Å². The second kappa shape index (κ2) is 6.20. The third-order valence-electron chi connectivity index (χ3n) is 5.85. The van der Waals surface area contributed by atoms with Gasteiger partial charge < -0.3 is 15.4 Å². The van der Waals surface area contributed by atoms with Crippen molar-refractivity contribution in [2.45, 2.75) is 44.2 Å². The number of rotatable bonds is 6. The average Bonchev–Trinajstić information content (AvgIpc) is 3.06. The second-order valence-electron chi connectivity index (χ2n) is 7.88. The van der Waals surface area contributed by atoms with E-state index < -0.39 is 0 Å². The molecule has 134 valence electrons. The molecule has 6 heteroatoms. The van der Waals surface area contributed by atoms with Crippen molar-refractivity contribution in [1.82, 2.24) is 10.6 Å². The maximum absolute atomic E-state index is 12.2. The Bertz CT molecular complexity index is 684. The molecular formula is C19H23ClN2O3. The minimum atomic E-state index is -0.155. The van der Waals surface area contributed by atoms with Gasteiger partial charge in [0, 0.05) is 22.5 Å². The Balaban J connectivity index is 1.24. The maximum Gasteiger partial charge on any atom is 0.258 e. The van der Waals surface area contributed by atoms with Crippen molar-refractivity contribution in [1.29, 1.82) is 0 Å². The molecule has 2 amide bonds. The van der Waals surface area contributed by atoms with Crippen LogP contribution in [0.4, 0.5) is 0 Å². The molecule has 0 spiro atoms. The van der Waals surface area contributed by atoms with E-state index in [1.165, 1.54) is 0 Å². The van der Waals surface area contributed by atoms with Gasteiger partial charge in [0.2, 0.25) is 5.91 Å². The fourth-order valence-electron chi connectivity index (χ4n) is 4.29. The highest BCUT2D eigenvalue weighted by Crippen LogP contribution is 2.52. The third kappa shape index (κ3) is 3.47. The molecule has 3 atom stereocenters. The number of benzene rings is 1. The van der Waals surface area contributed by atoms with Gasteiger partial charge in [0.25, 0.3) is 5.91 Å². The monoisotopic (exact) mass is 362 g/mol. The predicted octanol–water partition coefficient (Wildman–Crippen LogP) is 2.53. The minimum Gasteiger partial charge on any atom is -0.484 e. The molecule has 5 rings (SSSR count). The molecule has 2 bridgehead atoms. The summed E-state index contributed by atoms with van der Waals surface area (Å²) in [4.78, 5) is 24.3. The molecule has 4 aliphatic carbocycles. The van der Waals surface area contributed by atoms with Crippen molar-refractivity contribution in [3.8, 4) is 5.75 Å². The van der Waals surface area contributed by atoms with Crippen LogP contribution in [-0.4, -0.2) is 30.0 Å². The van der Waals surface area contributed by atoms with Crippen molar-refractivity contribution >= 4 is 23.4 Å². The van der Waals surface area contributed by atoms with Gasteiger partial charge >= 0.3 is 0 Å². The molecule has 5 nitrogen and oxygen atoms in total. The lowest BCUT2D eigenvalue weighted by atomic mass is 9.76. The fraction of sp³-hybridized carbons (Fsp3) is 0.579. The number of carbonyl (C=O) groups excluding carboxylic acids is 2. The molecular weight excluding hydrogens is 340 g/mol. The van der Waals surface area contributed by atoms with Crippen molar-refractivity contribution in [3.05, 3.63) is 29.3 Å². The van der Waals surface area contributed by atoms with E-state index in [9.17, 15) is 9.59 Å². The average molecular weight is 363 g/mol. The molecule has 2 N–H and O–H groups in total. The Morgan fingerprint density at radius 1 is 1.24 bits per heavy atom. The molecule has 1 aromatic rings. The second-order valence-corrected chi connectivity index (χ2v) is 8.31. The molecule has 0 heterocycles. The standard InChI is InChI=1S/C19H23ClN2O3/c1-11-6-15(11)18(24)21-16-9-19(7-12(16)8-19)22-17(23)10-25-14-4-2-13(20)3-5-14/h2-5,11-12,15-16H,6-10H2,1H3,(H,21,24)(H,22,23)/t11?,12?,15?,16-,19?/m1/s1. The zero-order chi connectivity index (χ0) is 17.6. The summed E-state index contributed by atoms with van der Waals surface area (Å²) in [5, 5.41) is 6.94. The van der Waals surface area contributed by atoms with Gasteiger partial charge in [-0.15, -0.1) is 0 Å². The summed E-state index contributed by atoms with van der Waals surface area (Å²) in [5.41, 5.74) is -0.155. The van der Waals surface area contributed by atoms with Gasteiger partial charge in [-0.2, -0.15) is 0 Å². The van der Waals surface area contributed by atoms with Crippen LogP contribution < -0.4 is 15.4 Å². The minimum absolute atomic E-state index is 0.00926. The van der Waals surface area contributed by atoms with Crippen molar-refractivity contribution in [2.75, 3.05) is 6.61 Å². The highest BCUT2D eigenvalue weighted by molar-refractivity contribution is 6.30. The summed E-state index contributed by atoms with van der Waals surface area (Å²) >= 11 is 5.83. The van der Waals surface area contributed by atoms with E-state index in [1.54, 1.807) is 24.3 Å². The number of fused-ring (bicyclic) bond motifs is 1. The fourth-order valence-corrected chi connectivity index (χ4v) is 4.42. The van der Waals surface area contributed by atoms with E-state index in [4.69, 9.17) is 16.3 Å². The zero-order valence-corrected chi connectivity index (χ0v) is 15.0. The first-order valence-corrected chi connectivity index (χ1v) is 9.32. The van der Waals surface area contributed by atoms with Gasteiger partial charge in [-0.25, -0.2) is 0 Å². The molecule has 25 heavy (non-hydrogen) atoms. The molecule has 0 radical (unpaired) electrons. The molecule has 2 unspecified atom stereocenters. The molecule has 4 aliphatic rings. The normalized spacial score (nSPS) is 34.8. The smallest absolute Gasteiger partial charge is 0.258 e. The lowest BCUT2D eigenvalue weighted by Gasteiger charge is -2.39. The first-order chi connectivity index (χ1) is 11.9. The van der Waals surface area contributed by atoms with Gasteiger partial charge in [0.1, 0.15) is 5.75 Å². The number of hydrogen-bond donors (Lipinski definition) is 2. The number of halogens is 1. The van der Waals surface area contributed by atoms with Crippen LogP contribution in [0.5, 0.6) is 5.75 Å². The SMILES string of the molecule is CC1CC1C(=O)N[C@@H]1CC2(NC(=O)COc3ccc(Cl)cc3)CC1C2. The quantitative estimate of drug-likeness (QED) is 0.817. The maximum atomic E-state index is 12.2. The predicted molar refractivity (Wildman–Crippen MR) is 94.4 cm³/mol. The topological polar surface area (TPSA) is 67.4 Å². The molecule has 4 saturated carbocycles. The Kier molecular flexibility index (Phi) is 4.14. The molecule has 0 aliphatic heterocycles. The van der Waals surface area contributed by atoms with Crippen LogP contribution in [0.2, 0.25) is 5.02 Å². The number of nitrogens with one attached hydrogen (secondary N) is 2. The van der Waals surface area contributed by atoms with Crippen LogP contribution in [0.25, 0.3) is 0 Å². The summed E-state index contributed by atoms with van der Waals surface area (Å²) < 4.78 is 5.50. The van der Waals surface area contributed by atoms with Gasteiger partial charge in [-0.05, 0) is 61.8 Å². The van der Waals surface area contributed by atoms with Crippen LogP contribution in [0.15, 0.2) is 24.3 Å². The first kappa shape index (κ1) is 16.7. The number of hydrogen-bond acceptors (Lipinski definition) is 3. The Morgan fingerprint density at radius 2 is 1.92 bits per heavy atom. The number of ether oxygens (including phenoxy) is 1. The first-order valence-electron chi connectivity index (χ1n) is 8.94. The largest absolute Gasteiger partial charge is 0.484 e. The highest BCUT2D eigenvalue weighted by atomic mass is 35.5. The van der Waals surface area contributed by atoms with Gasteiger partial charge in [0.05, 0.1) is 0 Å². The van der Waals surface area contributed by atoms with Gasteiger partial charge in [-0.3, -0.25) is 9.59 Å². The van der Waals surface area contributed by atoms with E-state index in [0.29, 0.717) is 22.6 Å². The molecule has 4 fully saturated rings. The number of carbonyl (C=O) groups is 2. The van der Waals surface area contributed by atoms with Crippen LogP contribution in [-0.2, 0) is 9.59 Å². The zero-order valence-electron chi connectivity index (χ0n) is 14.3. The Morgan fingerprint density at radius 3 is 2.56 bits per heavy atom. The summed E-state index contributed by atoms with van der Waals surface area (Å²) in [7, 11) is 0. The van der Waals surface area contributed by atoms with E-state index in [0.717, 1.165) is 25.7 Å². The molecule has 0 saturated heterocycles. The van der Waals surface area contributed by atoms with Crippen LogP contribution in [0.1, 0.15) is 32.6 Å². The molecule has 0 aromatic heterocycles. The van der Waals surface area contributed by atoms with E-state index in [1.807, 2.05) is 0 Å². The van der Waals surface area contributed by atoms with Crippen molar-refractivity contribution < 1.29 is 14.3 Å². The van der Waals surface area contributed by atoms with Crippen LogP contribution in [0.3, 0.4) is 0 Å². The van der Waals surface area contributed by atoms with E-state index in [-0.39, 0.29) is 35.9 Å². The summed E-state index contributed by atoms with van der Waals surface area (Å²) in [6.45, 7) is 2.10. The van der Waals surface area contributed by atoms with Gasteiger partial charge in [0.15, 0.2) is 6.61 Å². The Labute approximate surface area is 152 Å². The number of amides is 2. The highest BCUT2D eigenvalue weighted by Gasteiger charge is 2.57. The summed E-state index contributed by atoms with van der Waals surface area (Å²) in [5.74, 6) is 1.93.